The van der Waals surface area contributed by atoms with Gasteiger partial charge < -0.3 is 14.3 Å². The van der Waals surface area contributed by atoms with E-state index in [1.165, 1.54) is 0 Å². The van der Waals surface area contributed by atoms with E-state index < -0.39 is 0 Å². The minimum Gasteiger partial charge on any atom is -0.497 e. The molecule has 2 aromatic rings. The van der Waals surface area contributed by atoms with Gasteiger partial charge in [0.25, 0.3) is 0 Å². The van der Waals surface area contributed by atoms with Gasteiger partial charge in [0.05, 0.1) is 14.2 Å². The SMILES string of the molecule is COc1ccc(CC(C=O)c2cccc(C)c2)c(OC)c1. The van der Waals surface area contributed by atoms with Gasteiger partial charge in [0.15, 0.2) is 0 Å². The van der Waals surface area contributed by atoms with Crippen LogP contribution < -0.4 is 9.47 Å². The number of hydrogen-bond acceptors (Lipinski definition) is 3. The second kappa shape index (κ2) is 6.93. The lowest BCUT2D eigenvalue weighted by molar-refractivity contribution is -0.109. The Labute approximate surface area is 125 Å². The summed E-state index contributed by atoms with van der Waals surface area (Å²) in [6.45, 7) is 2.03. The largest absolute Gasteiger partial charge is 0.497 e. The number of methoxy groups -OCH3 is 2. The van der Waals surface area contributed by atoms with Crippen LogP contribution in [0, 0.1) is 6.92 Å². The monoisotopic (exact) mass is 284 g/mol. The van der Waals surface area contributed by atoms with Crippen LogP contribution in [-0.2, 0) is 11.2 Å². The molecule has 0 amide bonds. The van der Waals surface area contributed by atoms with Gasteiger partial charge in [-0.05, 0) is 30.5 Å². The number of ether oxygens (including phenoxy) is 2. The number of rotatable bonds is 6. The molecule has 0 aliphatic heterocycles. The average molecular weight is 284 g/mol. The molecule has 0 aromatic heterocycles. The summed E-state index contributed by atoms with van der Waals surface area (Å²) in [7, 11) is 3.25. The molecule has 0 N–H and O–H groups in total. The third-order valence-electron chi connectivity index (χ3n) is 3.57. The zero-order valence-corrected chi connectivity index (χ0v) is 12.6. The highest BCUT2D eigenvalue weighted by molar-refractivity contribution is 5.63. The maximum absolute atomic E-state index is 11.5. The molecule has 21 heavy (non-hydrogen) atoms. The number of aldehydes is 1. The van der Waals surface area contributed by atoms with E-state index in [2.05, 4.69) is 6.07 Å². The van der Waals surface area contributed by atoms with Crippen molar-refractivity contribution in [1.29, 1.82) is 0 Å². The lowest BCUT2D eigenvalue weighted by Gasteiger charge is -2.15. The lowest BCUT2D eigenvalue weighted by atomic mass is 9.92. The number of aryl methyl sites for hydroxylation is 1. The summed E-state index contributed by atoms with van der Waals surface area (Å²) in [4.78, 5) is 11.5. The van der Waals surface area contributed by atoms with Crippen LogP contribution in [0.25, 0.3) is 0 Å². The molecule has 2 rings (SSSR count). The molecule has 0 bridgehead atoms. The highest BCUT2D eigenvalue weighted by Crippen LogP contribution is 2.29. The van der Waals surface area contributed by atoms with Gasteiger partial charge in [-0.1, -0.05) is 35.9 Å². The van der Waals surface area contributed by atoms with E-state index in [-0.39, 0.29) is 5.92 Å². The van der Waals surface area contributed by atoms with Crippen LogP contribution in [0.2, 0.25) is 0 Å². The molecule has 0 aliphatic carbocycles. The fourth-order valence-corrected chi connectivity index (χ4v) is 2.40. The van der Waals surface area contributed by atoms with E-state index in [9.17, 15) is 4.79 Å². The first-order chi connectivity index (χ1) is 10.2. The molecule has 3 nitrogen and oxygen atoms in total. The fourth-order valence-electron chi connectivity index (χ4n) is 2.40. The average Bonchev–Trinajstić information content (AvgIpc) is 2.52. The predicted molar refractivity (Wildman–Crippen MR) is 83.2 cm³/mol. The van der Waals surface area contributed by atoms with E-state index in [1.807, 2.05) is 43.3 Å². The molecule has 0 heterocycles. The summed E-state index contributed by atoms with van der Waals surface area (Å²) in [6, 6.07) is 13.7. The van der Waals surface area contributed by atoms with Crippen molar-refractivity contribution >= 4 is 6.29 Å². The highest BCUT2D eigenvalue weighted by atomic mass is 16.5. The van der Waals surface area contributed by atoms with Crippen LogP contribution in [0.3, 0.4) is 0 Å². The van der Waals surface area contributed by atoms with Gasteiger partial charge in [-0.15, -0.1) is 0 Å². The van der Waals surface area contributed by atoms with Gasteiger partial charge in [-0.2, -0.15) is 0 Å². The minimum atomic E-state index is -0.174. The summed E-state index contributed by atoms with van der Waals surface area (Å²) in [5.74, 6) is 1.31. The number of benzene rings is 2. The van der Waals surface area contributed by atoms with Crippen molar-refractivity contribution in [1.82, 2.24) is 0 Å². The molecule has 2 aromatic carbocycles. The van der Waals surface area contributed by atoms with Crippen LogP contribution in [0.5, 0.6) is 11.5 Å². The summed E-state index contributed by atoms with van der Waals surface area (Å²) < 4.78 is 10.6. The zero-order valence-electron chi connectivity index (χ0n) is 12.6. The summed E-state index contributed by atoms with van der Waals surface area (Å²) in [5.41, 5.74) is 3.18. The Bertz CT molecular complexity index is 620. The van der Waals surface area contributed by atoms with Crippen molar-refractivity contribution in [3.05, 3.63) is 59.2 Å². The summed E-state index contributed by atoms with van der Waals surface area (Å²) in [6.07, 6.45) is 1.61. The molecule has 0 saturated carbocycles. The number of carbonyl (C=O) groups is 1. The normalized spacial score (nSPS) is 11.8. The zero-order chi connectivity index (χ0) is 15.2. The predicted octanol–water partition coefficient (Wildman–Crippen LogP) is 3.54. The highest BCUT2D eigenvalue weighted by Gasteiger charge is 2.15. The standard InChI is InChI=1S/C18H20O3/c1-13-5-4-6-14(9-13)16(12-19)10-15-7-8-17(20-2)11-18(15)21-3/h4-9,11-12,16H,10H2,1-3H3. The van der Waals surface area contributed by atoms with E-state index >= 15 is 0 Å². The molecule has 110 valence electrons. The van der Waals surface area contributed by atoms with Crippen molar-refractivity contribution in [3.8, 4) is 11.5 Å². The quantitative estimate of drug-likeness (QED) is 0.761. The van der Waals surface area contributed by atoms with E-state index in [4.69, 9.17) is 9.47 Å². The van der Waals surface area contributed by atoms with Crippen molar-refractivity contribution in [2.75, 3.05) is 14.2 Å². The topological polar surface area (TPSA) is 35.5 Å². The van der Waals surface area contributed by atoms with Gasteiger partial charge in [0.1, 0.15) is 17.8 Å². The molecular weight excluding hydrogens is 264 g/mol. The fraction of sp³-hybridized carbons (Fsp3) is 0.278. The molecule has 1 atom stereocenters. The molecular formula is C18H20O3. The Kier molecular flexibility index (Phi) is 4.99. The van der Waals surface area contributed by atoms with Crippen LogP contribution in [0.4, 0.5) is 0 Å². The third kappa shape index (κ3) is 3.63. The molecule has 1 unspecified atom stereocenters. The summed E-state index contributed by atoms with van der Waals surface area (Å²) in [5, 5.41) is 0. The second-order valence-corrected chi connectivity index (χ2v) is 5.04. The summed E-state index contributed by atoms with van der Waals surface area (Å²) >= 11 is 0. The van der Waals surface area contributed by atoms with Crippen molar-refractivity contribution < 1.29 is 14.3 Å². The van der Waals surface area contributed by atoms with Crippen molar-refractivity contribution in [2.24, 2.45) is 0 Å². The van der Waals surface area contributed by atoms with Gasteiger partial charge in [-0.25, -0.2) is 0 Å². The number of carbonyl (C=O) groups excluding carboxylic acids is 1. The minimum absolute atomic E-state index is 0.174. The first-order valence-corrected chi connectivity index (χ1v) is 6.90. The van der Waals surface area contributed by atoms with E-state index in [0.29, 0.717) is 6.42 Å². The first kappa shape index (κ1) is 15.1. The van der Waals surface area contributed by atoms with Crippen molar-refractivity contribution in [3.63, 3.8) is 0 Å². The molecule has 0 aliphatic rings. The molecule has 0 fully saturated rings. The smallest absolute Gasteiger partial charge is 0.127 e. The third-order valence-corrected chi connectivity index (χ3v) is 3.57. The number of hydrogen-bond donors (Lipinski definition) is 0. The van der Waals surface area contributed by atoms with Gasteiger partial charge in [0.2, 0.25) is 0 Å². The molecule has 3 heteroatoms. The molecule has 0 spiro atoms. The Morgan fingerprint density at radius 3 is 2.52 bits per heavy atom. The Morgan fingerprint density at radius 2 is 1.90 bits per heavy atom. The van der Waals surface area contributed by atoms with Crippen LogP contribution in [0.1, 0.15) is 22.6 Å². The van der Waals surface area contributed by atoms with Crippen LogP contribution in [0.15, 0.2) is 42.5 Å². The Balaban J connectivity index is 2.28. The maximum Gasteiger partial charge on any atom is 0.127 e. The lowest BCUT2D eigenvalue weighted by Crippen LogP contribution is -2.06. The van der Waals surface area contributed by atoms with Crippen molar-refractivity contribution in [2.45, 2.75) is 19.3 Å². The molecule has 0 radical (unpaired) electrons. The van der Waals surface area contributed by atoms with Gasteiger partial charge in [0, 0.05) is 12.0 Å². The second-order valence-electron chi connectivity index (χ2n) is 5.04. The van der Waals surface area contributed by atoms with E-state index in [0.717, 1.165) is 34.5 Å². The Hall–Kier alpha value is -2.29. The maximum atomic E-state index is 11.5. The van der Waals surface area contributed by atoms with Gasteiger partial charge >= 0.3 is 0 Å². The van der Waals surface area contributed by atoms with E-state index in [1.54, 1.807) is 14.2 Å². The van der Waals surface area contributed by atoms with Gasteiger partial charge in [-0.3, -0.25) is 0 Å². The molecule has 0 saturated heterocycles. The van der Waals surface area contributed by atoms with Crippen LogP contribution in [-0.4, -0.2) is 20.5 Å². The Morgan fingerprint density at radius 1 is 1.10 bits per heavy atom. The first-order valence-electron chi connectivity index (χ1n) is 6.90. The van der Waals surface area contributed by atoms with Crippen LogP contribution >= 0.6 is 0 Å².